The molecule has 0 aliphatic heterocycles. The van der Waals surface area contributed by atoms with Gasteiger partial charge in [-0.2, -0.15) is 0 Å². The van der Waals surface area contributed by atoms with Crippen LogP contribution in [0.4, 0.5) is 17.2 Å². The molecule has 2 rings (SSSR count). The summed E-state index contributed by atoms with van der Waals surface area (Å²) in [5.74, 6) is -0.0548. The lowest BCUT2D eigenvalue weighted by molar-refractivity contribution is 0.0995. The van der Waals surface area contributed by atoms with Crippen LogP contribution in [0.2, 0.25) is 0 Å². The molecule has 1 aromatic heterocycles. The number of amides is 1. The third kappa shape index (κ3) is 2.65. The molecule has 0 fully saturated rings. The molecule has 4 N–H and O–H groups in total. The standard InChI is InChI=1S/C14H16N4O/c1-9-4-3-5-10(8-9)18(2)14-11(15)6-7-12(17-14)13(16)19/h3-8H,15H2,1-2H3,(H2,16,19). The molecular formula is C14H16N4O. The van der Waals surface area contributed by atoms with Crippen LogP contribution in [-0.4, -0.2) is 17.9 Å². The zero-order valence-electron chi connectivity index (χ0n) is 10.9. The number of hydrogen-bond acceptors (Lipinski definition) is 4. The Balaban J connectivity index is 2.46. The average molecular weight is 256 g/mol. The van der Waals surface area contributed by atoms with Crippen LogP contribution < -0.4 is 16.4 Å². The highest BCUT2D eigenvalue weighted by Gasteiger charge is 2.12. The Hall–Kier alpha value is -2.56. The topological polar surface area (TPSA) is 85.2 Å². The molecule has 2 aromatic rings. The van der Waals surface area contributed by atoms with Crippen molar-refractivity contribution in [2.45, 2.75) is 6.92 Å². The smallest absolute Gasteiger partial charge is 0.267 e. The summed E-state index contributed by atoms with van der Waals surface area (Å²) in [6, 6.07) is 11.1. The van der Waals surface area contributed by atoms with Crippen LogP contribution in [0.15, 0.2) is 36.4 Å². The Labute approximate surface area is 111 Å². The molecule has 0 spiro atoms. The summed E-state index contributed by atoms with van der Waals surface area (Å²) in [6.45, 7) is 2.01. The van der Waals surface area contributed by atoms with Gasteiger partial charge >= 0.3 is 0 Å². The molecule has 5 nitrogen and oxygen atoms in total. The monoisotopic (exact) mass is 256 g/mol. The number of carbonyl (C=O) groups is 1. The van der Waals surface area contributed by atoms with E-state index in [-0.39, 0.29) is 5.69 Å². The highest BCUT2D eigenvalue weighted by Crippen LogP contribution is 2.27. The normalized spacial score (nSPS) is 10.2. The number of nitrogen functional groups attached to an aromatic ring is 1. The zero-order valence-corrected chi connectivity index (χ0v) is 10.9. The van der Waals surface area contributed by atoms with Crippen molar-refractivity contribution >= 4 is 23.1 Å². The summed E-state index contributed by atoms with van der Waals surface area (Å²) in [4.78, 5) is 17.2. The first-order chi connectivity index (χ1) is 8.99. The number of nitrogens with zero attached hydrogens (tertiary/aromatic N) is 2. The van der Waals surface area contributed by atoms with E-state index in [4.69, 9.17) is 11.5 Å². The van der Waals surface area contributed by atoms with Gasteiger partial charge in [0, 0.05) is 12.7 Å². The minimum absolute atomic E-state index is 0.198. The number of anilines is 3. The Morgan fingerprint density at radius 3 is 2.63 bits per heavy atom. The van der Waals surface area contributed by atoms with E-state index in [1.807, 2.05) is 43.1 Å². The number of nitrogens with two attached hydrogens (primary N) is 2. The fraction of sp³-hybridized carbons (Fsp3) is 0.143. The van der Waals surface area contributed by atoms with Gasteiger partial charge < -0.3 is 16.4 Å². The quantitative estimate of drug-likeness (QED) is 0.877. The van der Waals surface area contributed by atoms with Gasteiger partial charge in [-0.15, -0.1) is 0 Å². The molecule has 0 bridgehead atoms. The van der Waals surface area contributed by atoms with Crippen LogP contribution in [-0.2, 0) is 0 Å². The molecule has 0 aliphatic rings. The van der Waals surface area contributed by atoms with Crippen LogP contribution >= 0.6 is 0 Å². The molecule has 1 amide bonds. The maximum absolute atomic E-state index is 11.2. The third-order valence-electron chi connectivity index (χ3n) is 2.86. The van der Waals surface area contributed by atoms with Crippen molar-refractivity contribution in [3.63, 3.8) is 0 Å². The maximum atomic E-state index is 11.2. The van der Waals surface area contributed by atoms with Crippen molar-refractivity contribution in [3.8, 4) is 0 Å². The number of pyridine rings is 1. The lowest BCUT2D eigenvalue weighted by atomic mass is 10.2. The minimum atomic E-state index is -0.570. The summed E-state index contributed by atoms with van der Waals surface area (Å²) in [7, 11) is 1.85. The predicted octanol–water partition coefficient (Wildman–Crippen LogP) is 1.84. The molecule has 0 radical (unpaired) electrons. The van der Waals surface area contributed by atoms with E-state index in [9.17, 15) is 4.79 Å². The number of rotatable bonds is 3. The lowest BCUT2D eigenvalue weighted by Crippen LogP contribution is -2.18. The second-order valence-corrected chi connectivity index (χ2v) is 4.37. The van der Waals surface area contributed by atoms with Gasteiger partial charge in [0.2, 0.25) is 0 Å². The summed E-state index contributed by atoms with van der Waals surface area (Å²) in [6.07, 6.45) is 0. The lowest BCUT2D eigenvalue weighted by Gasteiger charge is -2.20. The molecular weight excluding hydrogens is 240 g/mol. The van der Waals surface area contributed by atoms with E-state index in [0.29, 0.717) is 11.5 Å². The average Bonchev–Trinajstić information content (AvgIpc) is 2.38. The first kappa shape index (κ1) is 12.9. The number of hydrogen-bond donors (Lipinski definition) is 2. The van der Waals surface area contributed by atoms with Crippen molar-refractivity contribution in [1.82, 2.24) is 4.98 Å². The summed E-state index contributed by atoms with van der Waals surface area (Å²) < 4.78 is 0. The van der Waals surface area contributed by atoms with E-state index in [1.165, 1.54) is 6.07 Å². The largest absolute Gasteiger partial charge is 0.396 e. The molecule has 1 heterocycles. The Morgan fingerprint density at radius 1 is 1.26 bits per heavy atom. The van der Waals surface area contributed by atoms with Gasteiger partial charge in [0.15, 0.2) is 5.82 Å². The molecule has 0 saturated carbocycles. The van der Waals surface area contributed by atoms with E-state index in [2.05, 4.69) is 4.98 Å². The van der Waals surface area contributed by atoms with Gasteiger partial charge in [-0.25, -0.2) is 4.98 Å². The molecule has 98 valence electrons. The number of benzene rings is 1. The van der Waals surface area contributed by atoms with Gasteiger partial charge in [0.1, 0.15) is 5.69 Å². The van der Waals surface area contributed by atoms with E-state index < -0.39 is 5.91 Å². The van der Waals surface area contributed by atoms with Crippen molar-refractivity contribution in [2.75, 3.05) is 17.7 Å². The molecule has 0 aliphatic carbocycles. The van der Waals surface area contributed by atoms with Crippen molar-refractivity contribution in [3.05, 3.63) is 47.7 Å². The van der Waals surface area contributed by atoms with Crippen molar-refractivity contribution in [2.24, 2.45) is 5.73 Å². The van der Waals surface area contributed by atoms with Crippen LogP contribution in [0.3, 0.4) is 0 Å². The SMILES string of the molecule is Cc1cccc(N(C)c2nc(C(N)=O)ccc2N)c1. The summed E-state index contributed by atoms with van der Waals surface area (Å²) in [5.41, 5.74) is 13.9. The van der Waals surface area contributed by atoms with Crippen molar-refractivity contribution < 1.29 is 4.79 Å². The van der Waals surface area contributed by atoms with E-state index >= 15 is 0 Å². The van der Waals surface area contributed by atoms with Gasteiger partial charge in [0.05, 0.1) is 5.69 Å². The fourth-order valence-corrected chi connectivity index (χ4v) is 1.82. The Morgan fingerprint density at radius 2 is 2.00 bits per heavy atom. The summed E-state index contributed by atoms with van der Waals surface area (Å²) >= 11 is 0. The predicted molar refractivity (Wildman–Crippen MR) is 76.4 cm³/mol. The Kier molecular flexibility index (Phi) is 3.37. The molecule has 1 aromatic carbocycles. The highest BCUT2D eigenvalue weighted by molar-refractivity contribution is 5.92. The minimum Gasteiger partial charge on any atom is -0.396 e. The van der Waals surface area contributed by atoms with Crippen LogP contribution in [0.5, 0.6) is 0 Å². The van der Waals surface area contributed by atoms with Gasteiger partial charge in [-0.05, 0) is 36.8 Å². The second kappa shape index (κ2) is 4.97. The van der Waals surface area contributed by atoms with Crippen LogP contribution in [0, 0.1) is 6.92 Å². The van der Waals surface area contributed by atoms with Gasteiger partial charge in [-0.3, -0.25) is 4.79 Å². The first-order valence-electron chi connectivity index (χ1n) is 5.86. The second-order valence-electron chi connectivity index (χ2n) is 4.37. The number of aryl methyl sites for hydroxylation is 1. The van der Waals surface area contributed by atoms with E-state index in [0.717, 1.165) is 11.3 Å². The van der Waals surface area contributed by atoms with Crippen LogP contribution in [0.25, 0.3) is 0 Å². The highest BCUT2D eigenvalue weighted by atomic mass is 16.1. The first-order valence-corrected chi connectivity index (χ1v) is 5.86. The van der Waals surface area contributed by atoms with Gasteiger partial charge in [0.25, 0.3) is 5.91 Å². The molecule has 19 heavy (non-hydrogen) atoms. The number of aromatic nitrogens is 1. The van der Waals surface area contributed by atoms with Crippen LogP contribution in [0.1, 0.15) is 16.1 Å². The Bertz CT molecular complexity index is 625. The molecule has 5 heteroatoms. The maximum Gasteiger partial charge on any atom is 0.267 e. The van der Waals surface area contributed by atoms with E-state index in [1.54, 1.807) is 6.07 Å². The third-order valence-corrected chi connectivity index (χ3v) is 2.86. The van der Waals surface area contributed by atoms with Crippen molar-refractivity contribution in [1.29, 1.82) is 0 Å². The number of carbonyl (C=O) groups excluding carboxylic acids is 1. The number of primary amides is 1. The molecule has 0 saturated heterocycles. The molecule has 0 unspecified atom stereocenters. The van der Waals surface area contributed by atoms with Gasteiger partial charge in [-0.1, -0.05) is 12.1 Å². The summed E-state index contributed by atoms with van der Waals surface area (Å²) in [5, 5.41) is 0. The molecule has 0 atom stereocenters. The fourth-order valence-electron chi connectivity index (χ4n) is 1.82. The zero-order chi connectivity index (χ0) is 14.0.